The van der Waals surface area contributed by atoms with Crippen LogP contribution in [0, 0.1) is 0 Å². The summed E-state index contributed by atoms with van der Waals surface area (Å²) in [6, 6.07) is 3.78. The van der Waals surface area contributed by atoms with E-state index in [0.717, 1.165) is 12.8 Å². The van der Waals surface area contributed by atoms with Gasteiger partial charge < -0.3 is 20.1 Å². The van der Waals surface area contributed by atoms with Crippen LogP contribution in [0.5, 0.6) is 0 Å². The molecule has 24 heavy (non-hydrogen) atoms. The molecule has 0 aromatic heterocycles. The Labute approximate surface area is 141 Å². The third-order valence-corrected chi connectivity index (χ3v) is 3.00. The number of unbranched alkanes of at least 4 members (excludes halogenated alkanes) is 1. The second-order valence-corrected chi connectivity index (χ2v) is 4.91. The summed E-state index contributed by atoms with van der Waals surface area (Å²) in [5.41, 5.74) is 0.551. The summed E-state index contributed by atoms with van der Waals surface area (Å²) >= 11 is 0. The summed E-state index contributed by atoms with van der Waals surface area (Å²) in [5, 5.41) is 5.27. The normalized spacial score (nSPS) is 9.75. The van der Waals surface area contributed by atoms with E-state index < -0.39 is 18.0 Å². The standard InChI is InChI=1S/C17H22N2O5/c1-4-6-7-18-17(22)19-14-10-12(15(20)23-3)9-13(11-14)16(21)24-8-5-2/h5,9-11H,2,4,6-8H2,1,3H3,(H2,18,19,22). The van der Waals surface area contributed by atoms with E-state index >= 15 is 0 Å². The summed E-state index contributed by atoms with van der Waals surface area (Å²) in [6.45, 7) is 6.05. The van der Waals surface area contributed by atoms with E-state index in [1.165, 1.54) is 31.4 Å². The third kappa shape index (κ3) is 6.12. The van der Waals surface area contributed by atoms with Gasteiger partial charge >= 0.3 is 18.0 Å². The minimum Gasteiger partial charge on any atom is -0.465 e. The molecule has 0 aliphatic carbocycles. The van der Waals surface area contributed by atoms with Crippen LogP contribution in [0.4, 0.5) is 10.5 Å². The van der Waals surface area contributed by atoms with Gasteiger partial charge in [-0.1, -0.05) is 26.0 Å². The number of carbonyl (C=O) groups is 3. The number of amides is 2. The fraction of sp³-hybridized carbons (Fsp3) is 0.353. The molecule has 0 aliphatic heterocycles. The van der Waals surface area contributed by atoms with Gasteiger partial charge in [0.25, 0.3) is 0 Å². The molecule has 1 rings (SSSR count). The van der Waals surface area contributed by atoms with Gasteiger partial charge in [0.1, 0.15) is 6.61 Å². The van der Waals surface area contributed by atoms with E-state index in [2.05, 4.69) is 21.9 Å². The Hall–Kier alpha value is -2.83. The molecule has 0 bridgehead atoms. The summed E-state index contributed by atoms with van der Waals surface area (Å²) in [5.74, 6) is -1.25. The van der Waals surface area contributed by atoms with E-state index in [4.69, 9.17) is 4.74 Å². The van der Waals surface area contributed by atoms with Gasteiger partial charge in [-0.25, -0.2) is 14.4 Å². The van der Waals surface area contributed by atoms with Gasteiger partial charge in [0.05, 0.1) is 18.2 Å². The number of anilines is 1. The zero-order chi connectivity index (χ0) is 17.9. The monoisotopic (exact) mass is 334 g/mol. The summed E-state index contributed by atoms with van der Waals surface area (Å²) < 4.78 is 9.60. The number of carbonyl (C=O) groups excluding carboxylic acids is 3. The molecule has 0 radical (unpaired) electrons. The number of benzene rings is 1. The predicted octanol–water partition coefficient (Wildman–Crippen LogP) is 2.74. The molecule has 0 saturated carbocycles. The van der Waals surface area contributed by atoms with Crippen LogP contribution >= 0.6 is 0 Å². The molecule has 0 saturated heterocycles. The minimum absolute atomic E-state index is 0.0432. The van der Waals surface area contributed by atoms with Crippen LogP contribution < -0.4 is 10.6 Å². The summed E-state index contributed by atoms with van der Waals surface area (Å²) in [7, 11) is 1.23. The second kappa shape index (κ2) is 10.0. The maximum Gasteiger partial charge on any atom is 0.338 e. The Morgan fingerprint density at radius 3 is 2.42 bits per heavy atom. The number of hydrogen-bond acceptors (Lipinski definition) is 5. The highest BCUT2D eigenvalue weighted by Gasteiger charge is 2.15. The molecule has 7 nitrogen and oxygen atoms in total. The Kier molecular flexibility index (Phi) is 8.04. The summed E-state index contributed by atoms with van der Waals surface area (Å²) in [4.78, 5) is 35.5. The van der Waals surface area contributed by atoms with Gasteiger partial charge in [-0.15, -0.1) is 0 Å². The molecule has 0 atom stereocenters. The lowest BCUT2D eigenvalue weighted by molar-refractivity contribution is 0.0549. The molecule has 7 heteroatoms. The number of methoxy groups -OCH3 is 1. The van der Waals surface area contributed by atoms with Gasteiger partial charge in [0, 0.05) is 12.2 Å². The Bertz CT molecular complexity index is 613. The highest BCUT2D eigenvalue weighted by Crippen LogP contribution is 2.17. The topological polar surface area (TPSA) is 93.7 Å². The number of hydrogen-bond donors (Lipinski definition) is 2. The highest BCUT2D eigenvalue weighted by molar-refractivity contribution is 5.99. The predicted molar refractivity (Wildman–Crippen MR) is 90.2 cm³/mol. The first-order valence-corrected chi connectivity index (χ1v) is 7.58. The van der Waals surface area contributed by atoms with Crippen LogP contribution in [0.1, 0.15) is 40.5 Å². The third-order valence-electron chi connectivity index (χ3n) is 3.00. The lowest BCUT2D eigenvalue weighted by Crippen LogP contribution is -2.29. The van der Waals surface area contributed by atoms with Crippen molar-refractivity contribution in [2.24, 2.45) is 0 Å². The van der Waals surface area contributed by atoms with Crippen LogP contribution in [0.3, 0.4) is 0 Å². The largest absolute Gasteiger partial charge is 0.465 e. The molecule has 2 N–H and O–H groups in total. The van der Waals surface area contributed by atoms with Crippen molar-refractivity contribution in [3.63, 3.8) is 0 Å². The maximum absolute atomic E-state index is 12.0. The van der Waals surface area contributed by atoms with Gasteiger partial charge in [0.15, 0.2) is 0 Å². The quantitative estimate of drug-likeness (QED) is 0.433. The summed E-state index contributed by atoms with van der Waals surface area (Å²) in [6.07, 6.45) is 3.24. The molecule has 2 amide bonds. The fourth-order valence-electron chi connectivity index (χ4n) is 1.83. The number of urea groups is 1. The zero-order valence-electron chi connectivity index (χ0n) is 13.9. The van der Waals surface area contributed by atoms with Crippen LogP contribution in [0.25, 0.3) is 0 Å². The van der Waals surface area contributed by atoms with Gasteiger partial charge in [-0.2, -0.15) is 0 Å². The van der Waals surface area contributed by atoms with E-state index in [-0.39, 0.29) is 23.4 Å². The smallest absolute Gasteiger partial charge is 0.338 e. The minimum atomic E-state index is -0.630. The van der Waals surface area contributed by atoms with Crippen molar-refractivity contribution >= 4 is 23.7 Å². The molecule has 0 aliphatic rings. The molecule has 1 aromatic rings. The van der Waals surface area contributed by atoms with Crippen LogP contribution in [0.2, 0.25) is 0 Å². The maximum atomic E-state index is 12.0. The molecular weight excluding hydrogens is 312 g/mol. The zero-order valence-corrected chi connectivity index (χ0v) is 13.9. The number of nitrogens with one attached hydrogen (secondary N) is 2. The van der Waals surface area contributed by atoms with Crippen LogP contribution in [-0.2, 0) is 9.47 Å². The number of esters is 2. The van der Waals surface area contributed by atoms with Crippen molar-refractivity contribution in [1.29, 1.82) is 0 Å². The van der Waals surface area contributed by atoms with Crippen LogP contribution in [0.15, 0.2) is 30.9 Å². The average Bonchev–Trinajstić information content (AvgIpc) is 2.58. The highest BCUT2D eigenvalue weighted by atomic mass is 16.5. The van der Waals surface area contributed by atoms with E-state index in [0.29, 0.717) is 6.54 Å². The van der Waals surface area contributed by atoms with Crippen LogP contribution in [-0.4, -0.2) is 38.2 Å². The SMILES string of the molecule is C=CCOC(=O)c1cc(NC(=O)NCCCC)cc(C(=O)OC)c1. The Morgan fingerprint density at radius 2 is 1.83 bits per heavy atom. The molecular formula is C17H22N2O5. The number of rotatable bonds is 8. The van der Waals surface area contributed by atoms with E-state index in [1.807, 2.05) is 6.92 Å². The Morgan fingerprint density at radius 1 is 1.17 bits per heavy atom. The fourth-order valence-corrected chi connectivity index (χ4v) is 1.83. The first kappa shape index (κ1) is 19.2. The van der Waals surface area contributed by atoms with Crippen molar-refractivity contribution < 1.29 is 23.9 Å². The van der Waals surface area contributed by atoms with Gasteiger partial charge in [-0.3, -0.25) is 0 Å². The molecule has 0 unspecified atom stereocenters. The Balaban J connectivity index is 2.96. The molecule has 0 spiro atoms. The van der Waals surface area contributed by atoms with Crippen molar-refractivity contribution in [2.75, 3.05) is 25.6 Å². The van der Waals surface area contributed by atoms with Gasteiger partial charge in [0.2, 0.25) is 0 Å². The van der Waals surface area contributed by atoms with Crippen molar-refractivity contribution in [2.45, 2.75) is 19.8 Å². The molecule has 130 valence electrons. The first-order valence-electron chi connectivity index (χ1n) is 7.58. The number of ether oxygens (including phenoxy) is 2. The van der Waals surface area contributed by atoms with E-state index in [9.17, 15) is 14.4 Å². The van der Waals surface area contributed by atoms with Gasteiger partial charge in [-0.05, 0) is 24.6 Å². The molecule has 1 aromatic carbocycles. The van der Waals surface area contributed by atoms with E-state index in [1.54, 1.807) is 0 Å². The van der Waals surface area contributed by atoms with Crippen molar-refractivity contribution in [3.05, 3.63) is 42.0 Å². The van der Waals surface area contributed by atoms with Crippen molar-refractivity contribution in [3.8, 4) is 0 Å². The first-order chi connectivity index (χ1) is 11.5. The average molecular weight is 334 g/mol. The lowest BCUT2D eigenvalue weighted by Gasteiger charge is -2.11. The lowest BCUT2D eigenvalue weighted by atomic mass is 10.1. The molecule has 0 heterocycles. The van der Waals surface area contributed by atoms with Crippen molar-refractivity contribution in [1.82, 2.24) is 5.32 Å². The second-order valence-electron chi connectivity index (χ2n) is 4.91. The molecule has 0 fully saturated rings.